The summed E-state index contributed by atoms with van der Waals surface area (Å²) in [4.78, 5) is 13.6. The van der Waals surface area contributed by atoms with Crippen molar-refractivity contribution in [2.75, 3.05) is 14.1 Å². The molecule has 4 heteroatoms. The molecule has 0 radical (unpaired) electrons. The Labute approximate surface area is 123 Å². The van der Waals surface area contributed by atoms with Crippen LogP contribution in [0.3, 0.4) is 0 Å². The molecule has 0 unspecified atom stereocenters. The number of benzene rings is 2. The Hall–Kier alpha value is -2.20. The Bertz CT molecular complexity index is 710. The fourth-order valence-electron chi connectivity index (χ4n) is 2.71. The predicted octanol–water partition coefficient (Wildman–Crippen LogP) is 2.80. The maximum absolute atomic E-state index is 14.2. The van der Waals surface area contributed by atoms with Crippen LogP contribution in [0.1, 0.15) is 21.5 Å². The lowest BCUT2D eigenvalue weighted by Gasteiger charge is -2.12. The second kappa shape index (κ2) is 5.30. The number of carbonyl (C=O) groups is 1. The summed E-state index contributed by atoms with van der Waals surface area (Å²) in [5.41, 5.74) is 4.03. The fourth-order valence-corrected chi connectivity index (χ4v) is 2.71. The van der Waals surface area contributed by atoms with E-state index in [0.717, 1.165) is 16.7 Å². The van der Waals surface area contributed by atoms with Crippen LogP contribution < -0.4 is 5.32 Å². The lowest BCUT2D eigenvalue weighted by molar-refractivity contribution is 0.0966. The first-order valence-corrected chi connectivity index (χ1v) is 6.90. The highest BCUT2D eigenvalue weighted by Gasteiger charge is 2.22. The molecule has 0 aliphatic carbocycles. The smallest absolute Gasteiger partial charge is 0.251 e. The van der Waals surface area contributed by atoms with Crippen LogP contribution in [0.15, 0.2) is 36.4 Å². The number of carbonyl (C=O) groups excluding carboxylic acids is 1. The topological polar surface area (TPSA) is 32.3 Å². The van der Waals surface area contributed by atoms with Crippen LogP contribution in [0.4, 0.5) is 4.39 Å². The van der Waals surface area contributed by atoms with E-state index >= 15 is 0 Å². The first-order chi connectivity index (χ1) is 10.1. The lowest BCUT2D eigenvalue weighted by atomic mass is 9.96. The Kier molecular flexibility index (Phi) is 3.47. The number of rotatable bonds is 3. The lowest BCUT2D eigenvalue weighted by Crippen LogP contribution is -2.12. The number of halogens is 1. The molecule has 0 spiro atoms. The number of amides is 1. The van der Waals surface area contributed by atoms with Gasteiger partial charge in [0.05, 0.1) is 0 Å². The van der Waals surface area contributed by atoms with Crippen LogP contribution >= 0.6 is 0 Å². The molecule has 2 aromatic rings. The van der Waals surface area contributed by atoms with Gasteiger partial charge in [0.25, 0.3) is 5.91 Å². The molecule has 2 aromatic carbocycles. The van der Waals surface area contributed by atoms with E-state index in [2.05, 4.69) is 5.32 Å². The molecule has 1 heterocycles. The first-order valence-electron chi connectivity index (χ1n) is 6.90. The predicted molar refractivity (Wildman–Crippen MR) is 80.4 cm³/mol. The van der Waals surface area contributed by atoms with Gasteiger partial charge >= 0.3 is 0 Å². The molecule has 1 N–H and O–H groups in total. The molecule has 0 fully saturated rings. The summed E-state index contributed by atoms with van der Waals surface area (Å²) in [6.07, 6.45) is 0. The molecule has 21 heavy (non-hydrogen) atoms. The minimum Gasteiger partial charge on any atom is -0.348 e. The normalized spacial score (nSPS) is 13.4. The summed E-state index contributed by atoms with van der Waals surface area (Å²) in [5.74, 6) is -0.271. The van der Waals surface area contributed by atoms with Crippen molar-refractivity contribution in [3.63, 3.8) is 0 Å². The summed E-state index contributed by atoms with van der Waals surface area (Å²) in [7, 11) is 3.82. The molecule has 0 bridgehead atoms. The van der Waals surface area contributed by atoms with E-state index in [1.54, 1.807) is 12.1 Å². The fraction of sp³-hybridized carbons (Fsp3) is 0.235. The van der Waals surface area contributed by atoms with Gasteiger partial charge < -0.3 is 10.2 Å². The highest BCUT2D eigenvalue weighted by atomic mass is 19.1. The van der Waals surface area contributed by atoms with Gasteiger partial charge in [0.2, 0.25) is 0 Å². The van der Waals surface area contributed by atoms with Crippen LogP contribution in [-0.4, -0.2) is 24.9 Å². The SMILES string of the molecule is CN(C)Cc1ccc(-c2cccc3c2CNC3=O)cc1F. The summed E-state index contributed by atoms with van der Waals surface area (Å²) in [6, 6.07) is 10.9. The summed E-state index contributed by atoms with van der Waals surface area (Å²) < 4.78 is 14.2. The molecule has 0 atom stereocenters. The van der Waals surface area contributed by atoms with Crippen molar-refractivity contribution in [3.8, 4) is 11.1 Å². The molecule has 108 valence electrons. The number of hydrogen-bond donors (Lipinski definition) is 1. The zero-order valence-electron chi connectivity index (χ0n) is 12.1. The molecule has 3 nitrogen and oxygen atoms in total. The van der Waals surface area contributed by atoms with E-state index in [1.165, 1.54) is 0 Å². The third kappa shape index (κ3) is 2.54. The van der Waals surface area contributed by atoms with Crippen molar-refractivity contribution in [3.05, 3.63) is 58.9 Å². The minimum atomic E-state index is -0.212. The van der Waals surface area contributed by atoms with Crippen LogP contribution in [0.2, 0.25) is 0 Å². The summed E-state index contributed by atoms with van der Waals surface area (Å²) >= 11 is 0. The van der Waals surface area contributed by atoms with E-state index in [0.29, 0.717) is 24.2 Å². The third-order valence-electron chi connectivity index (χ3n) is 3.70. The van der Waals surface area contributed by atoms with Crippen molar-refractivity contribution in [2.24, 2.45) is 0 Å². The van der Waals surface area contributed by atoms with E-state index in [9.17, 15) is 9.18 Å². The van der Waals surface area contributed by atoms with Crippen LogP contribution in [0.5, 0.6) is 0 Å². The van der Waals surface area contributed by atoms with Crippen LogP contribution in [0.25, 0.3) is 11.1 Å². The van der Waals surface area contributed by atoms with Gasteiger partial charge in [-0.3, -0.25) is 4.79 Å². The van der Waals surface area contributed by atoms with Crippen molar-refractivity contribution in [1.29, 1.82) is 0 Å². The molecule has 1 amide bonds. The first kappa shape index (κ1) is 13.8. The molecule has 0 saturated heterocycles. The zero-order valence-corrected chi connectivity index (χ0v) is 12.1. The maximum Gasteiger partial charge on any atom is 0.251 e. The Morgan fingerprint density at radius 2 is 1.95 bits per heavy atom. The highest BCUT2D eigenvalue weighted by molar-refractivity contribution is 6.00. The molecule has 3 rings (SSSR count). The van der Waals surface area contributed by atoms with Crippen molar-refractivity contribution in [1.82, 2.24) is 10.2 Å². The van der Waals surface area contributed by atoms with E-state index < -0.39 is 0 Å². The number of nitrogens with zero attached hydrogens (tertiary/aromatic N) is 1. The molecule has 1 aliphatic rings. The minimum absolute atomic E-state index is 0.0588. The number of hydrogen-bond acceptors (Lipinski definition) is 2. The quantitative estimate of drug-likeness (QED) is 0.940. The van der Waals surface area contributed by atoms with Crippen molar-refractivity contribution in [2.45, 2.75) is 13.1 Å². The summed E-state index contributed by atoms with van der Waals surface area (Å²) in [6.45, 7) is 1.07. The largest absolute Gasteiger partial charge is 0.348 e. The Morgan fingerprint density at radius 3 is 2.67 bits per heavy atom. The molecule has 0 aromatic heterocycles. The zero-order chi connectivity index (χ0) is 15.0. The Balaban J connectivity index is 2.03. The van der Waals surface area contributed by atoms with Gasteiger partial charge in [-0.25, -0.2) is 4.39 Å². The van der Waals surface area contributed by atoms with E-state index in [1.807, 2.05) is 43.3 Å². The maximum atomic E-state index is 14.2. The van der Waals surface area contributed by atoms with Gasteiger partial charge in [0.15, 0.2) is 0 Å². The van der Waals surface area contributed by atoms with Crippen molar-refractivity contribution >= 4 is 5.91 Å². The average molecular weight is 284 g/mol. The van der Waals surface area contributed by atoms with Crippen LogP contribution in [-0.2, 0) is 13.1 Å². The molecule has 1 aliphatic heterocycles. The van der Waals surface area contributed by atoms with Gasteiger partial charge in [-0.2, -0.15) is 0 Å². The monoisotopic (exact) mass is 284 g/mol. The van der Waals surface area contributed by atoms with Gasteiger partial charge in [-0.15, -0.1) is 0 Å². The highest BCUT2D eigenvalue weighted by Crippen LogP contribution is 2.30. The standard InChI is InChI=1S/C17H17FN2O/c1-20(2)10-12-7-6-11(8-16(12)18)13-4-3-5-14-15(13)9-19-17(14)21/h3-8H,9-10H2,1-2H3,(H,19,21). The number of nitrogens with one attached hydrogen (secondary N) is 1. The summed E-state index contributed by atoms with van der Waals surface area (Å²) in [5, 5.41) is 2.81. The van der Waals surface area contributed by atoms with Crippen molar-refractivity contribution < 1.29 is 9.18 Å². The second-order valence-corrected chi connectivity index (χ2v) is 5.56. The van der Waals surface area contributed by atoms with Gasteiger partial charge in [0.1, 0.15) is 5.82 Å². The number of fused-ring (bicyclic) bond motifs is 1. The second-order valence-electron chi connectivity index (χ2n) is 5.56. The Morgan fingerprint density at radius 1 is 1.19 bits per heavy atom. The van der Waals surface area contributed by atoms with E-state index in [-0.39, 0.29) is 11.7 Å². The average Bonchev–Trinajstić information content (AvgIpc) is 2.83. The van der Waals surface area contributed by atoms with Gasteiger partial charge in [0, 0.05) is 24.2 Å². The molecular weight excluding hydrogens is 267 g/mol. The van der Waals surface area contributed by atoms with E-state index in [4.69, 9.17) is 0 Å². The van der Waals surface area contributed by atoms with Gasteiger partial charge in [-0.05, 0) is 42.9 Å². The third-order valence-corrected chi connectivity index (χ3v) is 3.70. The molecule has 0 saturated carbocycles. The molecular formula is C17H17FN2O. The van der Waals surface area contributed by atoms with Gasteiger partial charge in [-0.1, -0.05) is 24.3 Å². The van der Waals surface area contributed by atoms with Crippen LogP contribution in [0, 0.1) is 5.82 Å².